The van der Waals surface area contributed by atoms with Gasteiger partial charge >= 0.3 is 0 Å². The topological polar surface area (TPSA) is 75.7 Å². The number of rotatable bonds is 5. The zero-order valence-corrected chi connectivity index (χ0v) is 13.9. The number of carbonyl (C=O) groups excluding carboxylic acids is 1. The van der Waals surface area contributed by atoms with Crippen LogP contribution in [0.25, 0.3) is 0 Å². The Kier molecular flexibility index (Phi) is 4.82. The Morgan fingerprint density at radius 3 is 2.95 bits per heavy atom. The van der Waals surface area contributed by atoms with Crippen LogP contribution in [0.2, 0.25) is 0 Å². The monoisotopic (exact) mass is 344 g/mol. The lowest BCUT2D eigenvalue weighted by atomic mass is 10.2. The summed E-state index contributed by atoms with van der Waals surface area (Å²) in [5.41, 5.74) is 0. The van der Waals surface area contributed by atoms with Gasteiger partial charge < -0.3 is 10.1 Å². The van der Waals surface area contributed by atoms with Crippen molar-refractivity contribution >= 4 is 27.3 Å². The maximum atomic E-state index is 12.6. The molecule has 2 atom stereocenters. The molecule has 1 aromatic rings. The lowest BCUT2D eigenvalue weighted by Gasteiger charge is -2.23. The molecule has 0 aromatic carbocycles. The number of hydrogen-bond acceptors (Lipinski definition) is 5. The van der Waals surface area contributed by atoms with Crippen LogP contribution in [0.15, 0.2) is 21.7 Å². The molecule has 0 bridgehead atoms. The van der Waals surface area contributed by atoms with Gasteiger partial charge in [-0.2, -0.15) is 4.31 Å². The highest BCUT2D eigenvalue weighted by molar-refractivity contribution is 7.91. The molecule has 3 heterocycles. The van der Waals surface area contributed by atoms with Gasteiger partial charge in [0.05, 0.1) is 6.10 Å². The van der Waals surface area contributed by atoms with E-state index in [2.05, 4.69) is 5.32 Å². The first kappa shape index (κ1) is 15.9. The van der Waals surface area contributed by atoms with Crippen LogP contribution in [-0.4, -0.2) is 50.5 Å². The van der Waals surface area contributed by atoms with Crippen molar-refractivity contribution in [3.8, 4) is 0 Å². The summed E-state index contributed by atoms with van der Waals surface area (Å²) in [6.07, 6.45) is 3.31. The molecule has 6 nitrogen and oxygen atoms in total. The van der Waals surface area contributed by atoms with E-state index in [0.29, 0.717) is 30.1 Å². The van der Waals surface area contributed by atoms with E-state index in [-0.39, 0.29) is 12.0 Å². The predicted molar refractivity (Wildman–Crippen MR) is 83.2 cm³/mol. The summed E-state index contributed by atoms with van der Waals surface area (Å²) >= 11 is 1.18. The summed E-state index contributed by atoms with van der Waals surface area (Å²) in [7, 11) is -3.57. The van der Waals surface area contributed by atoms with Gasteiger partial charge in [-0.05, 0) is 37.1 Å². The van der Waals surface area contributed by atoms with Gasteiger partial charge in [-0.3, -0.25) is 4.79 Å². The summed E-state index contributed by atoms with van der Waals surface area (Å²) in [4.78, 5) is 12.4. The molecule has 0 aliphatic carbocycles. The number of nitrogens with zero attached hydrogens (tertiary/aromatic N) is 1. The van der Waals surface area contributed by atoms with Gasteiger partial charge in [0.1, 0.15) is 10.3 Å². The minimum atomic E-state index is -3.57. The number of carbonyl (C=O) groups is 1. The fourth-order valence-electron chi connectivity index (χ4n) is 2.95. The summed E-state index contributed by atoms with van der Waals surface area (Å²) in [5, 5.41) is 4.58. The molecule has 1 amide bonds. The lowest BCUT2D eigenvalue weighted by molar-refractivity contribution is -0.124. The Balaban J connectivity index is 1.66. The lowest BCUT2D eigenvalue weighted by Crippen LogP contribution is -2.47. The van der Waals surface area contributed by atoms with Crippen molar-refractivity contribution in [3.05, 3.63) is 17.5 Å². The zero-order valence-electron chi connectivity index (χ0n) is 12.2. The van der Waals surface area contributed by atoms with Crippen molar-refractivity contribution in [1.82, 2.24) is 9.62 Å². The number of sulfonamides is 1. The molecule has 1 aromatic heterocycles. The first-order valence-electron chi connectivity index (χ1n) is 7.54. The number of ether oxygens (including phenoxy) is 1. The standard InChI is InChI=1S/C14H20N2O4S2/c17-14(15-10-11-4-2-8-20-11)12-5-1-7-16(12)22(18,19)13-6-3-9-21-13/h3,6,9,11-12H,1-2,4-5,7-8,10H2,(H,15,17). The second-order valence-corrected chi connectivity index (χ2v) is 8.65. The molecule has 2 aliphatic heterocycles. The minimum Gasteiger partial charge on any atom is -0.376 e. The number of hydrogen-bond donors (Lipinski definition) is 1. The smallest absolute Gasteiger partial charge is 0.253 e. The van der Waals surface area contributed by atoms with Gasteiger partial charge in [0.15, 0.2) is 0 Å². The Labute approximate surface area is 134 Å². The molecule has 8 heteroatoms. The summed E-state index contributed by atoms with van der Waals surface area (Å²) < 4.78 is 32.3. The van der Waals surface area contributed by atoms with Crippen LogP contribution in [-0.2, 0) is 19.6 Å². The Bertz CT molecular complexity index is 609. The second-order valence-electron chi connectivity index (χ2n) is 5.59. The van der Waals surface area contributed by atoms with E-state index in [4.69, 9.17) is 4.74 Å². The van der Waals surface area contributed by atoms with E-state index in [1.54, 1.807) is 17.5 Å². The van der Waals surface area contributed by atoms with Crippen LogP contribution in [0.3, 0.4) is 0 Å². The molecule has 1 N–H and O–H groups in total. The fraction of sp³-hybridized carbons (Fsp3) is 0.643. The van der Waals surface area contributed by atoms with Crippen LogP contribution in [0.1, 0.15) is 25.7 Å². The van der Waals surface area contributed by atoms with Crippen LogP contribution in [0.4, 0.5) is 0 Å². The SMILES string of the molecule is O=C(NCC1CCCO1)C1CCCN1S(=O)(=O)c1cccs1. The summed E-state index contributed by atoms with van der Waals surface area (Å²) in [6, 6.07) is 2.69. The van der Waals surface area contributed by atoms with Gasteiger partial charge in [0, 0.05) is 19.7 Å². The van der Waals surface area contributed by atoms with E-state index >= 15 is 0 Å². The van der Waals surface area contributed by atoms with E-state index in [9.17, 15) is 13.2 Å². The summed E-state index contributed by atoms with van der Waals surface area (Å²) in [5.74, 6) is -0.215. The van der Waals surface area contributed by atoms with E-state index in [1.807, 2.05) is 0 Å². The first-order valence-corrected chi connectivity index (χ1v) is 9.85. The first-order chi connectivity index (χ1) is 10.6. The third-order valence-electron chi connectivity index (χ3n) is 4.09. The molecule has 2 aliphatic rings. The molecule has 2 fully saturated rings. The molecule has 2 unspecified atom stereocenters. The van der Waals surface area contributed by atoms with E-state index in [1.165, 1.54) is 15.6 Å². The van der Waals surface area contributed by atoms with Crippen LogP contribution in [0.5, 0.6) is 0 Å². The molecular weight excluding hydrogens is 324 g/mol. The van der Waals surface area contributed by atoms with Crippen LogP contribution < -0.4 is 5.32 Å². The molecule has 0 saturated carbocycles. The normalized spacial score (nSPS) is 26.4. The quantitative estimate of drug-likeness (QED) is 0.871. The zero-order chi connectivity index (χ0) is 15.6. The van der Waals surface area contributed by atoms with Gasteiger partial charge in [0.25, 0.3) is 10.0 Å². The number of nitrogens with one attached hydrogen (secondary N) is 1. The Hall–Kier alpha value is -0.960. The van der Waals surface area contributed by atoms with Crippen molar-refractivity contribution in [2.24, 2.45) is 0 Å². The highest BCUT2D eigenvalue weighted by atomic mass is 32.2. The average molecular weight is 344 g/mol. The molecule has 3 rings (SSSR count). The van der Waals surface area contributed by atoms with Gasteiger partial charge in [-0.1, -0.05) is 6.07 Å². The fourth-order valence-corrected chi connectivity index (χ4v) is 5.73. The molecule has 0 radical (unpaired) electrons. The highest BCUT2D eigenvalue weighted by Gasteiger charge is 2.39. The van der Waals surface area contributed by atoms with Crippen molar-refractivity contribution in [3.63, 3.8) is 0 Å². The maximum absolute atomic E-state index is 12.6. The Morgan fingerprint density at radius 2 is 2.27 bits per heavy atom. The third-order valence-corrected chi connectivity index (χ3v) is 7.37. The molecule has 0 spiro atoms. The van der Waals surface area contributed by atoms with Crippen molar-refractivity contribution in [2.45, 2.75) is 42.0 Å². The van der Waals surface area contributed by atoms with Crippen molar-refractivity contribution in [2.75, 3.05) is 19.7 Å². The average Bonchev–Trinajstić information content (AvgIpc) is 3.26. The third kappa shape index (κ3) is 3.19. The van der Waals surface area contributed by atoms with Crippen molar-refractivity contribution in [1.29, 1.82) is 0 Å². The molecule has 122 valence electrons. The van der Waals surface area contributed by atoms with E-state index < -0.39 is 16.1 Å². The molecule has 2 saturated heterocycles. The van der Waals surface area contributed by atoms with E-state index in [0.717, 1.165) is 19.4 Å². The predicted octanol–water partition coefficient (Wildman–Crippen LogP) is 1.20. The second kappa shape index (κ2) is 6.66. The van der Waals surface area contributed by atoms with Gasteiger partial charge in [0.2, 0.25) is 5.91 Å². The number of amides is 1. The highest BCUT2D eigenvalue weighted by Crippen LogP contribution is 2.28. The van der Waals surface area contributed by atoms with Crippen LogP contribution in [0, 0.1) is 0 Å². The minimum absolute atomic E-state index is 0.0627. The molecular formula is C14H20N2O4S2. The largest absolute Gasteiger partial charge is 0.376 e. The number of thiophene rings is 1. The molecule has 22 heavy (non-hydrogen) atoms. The van der Waals surface area contributed by atoms with Crippen LogP contribution >= 0.6 is 11.3 Å². The van der Waals surface area contributed by atoms with Crippen molar-refractivity contribution < 1.29 is 17.9 Å². The summed E-state index contributed by atoms with van der Waals surface area (Å²) in [6.45, 7) is 1.60. The Morgan fingerprint density at radius 1 is 1.41 bits per heavy atom. The van der Waals surface area contributed by atoms with Gasteiger partial charge in [-0.15, -0.1) is 11.3 Å². The maximum Gasteiger partial charge on any atom is 0.253 e. The van der Waals surface area contributed by atoms with Gasteiger partial charge in [-0.25, -0.2) is 8.42 Å².